The van der Waals surface area contributed by atoms with Gasteiger partial charge in [0.15, 0.2) is 0 Å². The summed E-state index contributed by atoms with van der Waals surface area (Å²) < 4.78 is 1.02. The highest BCUT2D eigenvalue weighted by molar-refractivity contribution is 9.10. The Hall–Kier alpha value is -0.540. The smallest absolute Gasteiger partial charge is 0.123 e. The van der Waals surface area contributed by atoms with Gasteiger partial charge in [-0.25, -0.2) is 0 Å². The summed E-state index contributed by atoms with van der Waals surface area (Å²) in [6.45, 7) is 6.96. The molecule has 15 heavy (non-hydrogen) atoms. The Morgan fingerprint density at radius 2 is 2.00 bits per heavy atom. The summed E-state index contributed by atoms with van der Waals surface area (Å²) in [5, 5.41) is 9.91. The average Bonchev–Trinajstić information content (AvgIpc) is 2.13. The molecule has 3 heteroatoms. The molecule has 0 bridgehead atoms. The van der Waals surface area contributed by atoms with E-state index in [1.807, 2.05) is 19.1 Å². The largest absolute Gasteiger partial charge is 0.507 e. The maximum absolute atomic E-state index is 9.91. The minimum Gasteiger partial charge on any atom is -0.507 e. The summed E-state index contributed by atoms with van der Waals surface area (Å²) in [6.07, 6.45) is 0. The molecular weight excluding hydrogens is 254 g/mol. The fraction of sp³-hybridized carbons (Fsp3) is 0.500. The SMILES string of the molecule is Cc1cc(Br)cc(CN(C)C(C)C)c1O. The lowest BCUT2D eigenvalue weighted by molar-refractivity contribution is 0.262. The van der Waals surface area contributed by atoms with Crippen LogP contribution in [0.25, 0.3) is 0 Å². The van der Waals surface area contributed by atoms with Crippen molar-refractivity contribution in [3.05, 3.63) is 27.7 Å². The van der Waals surface area contributed by atoms with E-state index in [2.05, 4.69) is 41.7 Å². The van der Waals surface area contributed by atoms with E-state index < -0.39 is 0 Å². The van der Waals surface area contributed by atoms with Crippen molar-refractivity contribution in [3.63, 3.8) is 0 Å². The van der Waals surface area contributed by atoms with Gasteiger partial charge in [0, 0.05) is 22.6 Å². The van der Waals surface area contributed by atoms with E-state index in [1.54, 1.807) is 0 Å². The van der Waals surface area contributed by atoms with Gasteiger partial charge in [0.05, 0.1) is 0 Å². The van der Waals surface area contributed by atoms with Gasteiger partial charge in [0.1, 0.15) is 5.75 Å². The molecule has 0 amide bonds. The second-order valence-corrected chi connectivity index (χ2v) is 5.15. The molecule has 0 heterocycles. The van der Waals surface area contributed by atoms with Crippen molar-refractivity contribution in [1.82, 2.24) is 4.90 Å². The van der Waals surface area contributed by atoms with E-state index in [0.717, 1.165) is 22.1 Å². The van der Waals surface area contributed by atoms with Crippen molar-refractivity contribution >= 4 is 15.9 Å². The molecule has 0 aliphatic heterocycles. The number of rotatable bonds is 3. The van der Waals surface area contributed by atoms with Crippen LogP contribution in [0.5, 0.6) is 5.75 Å². The summed E-state index contributed by atoms with van der Waals surface area (Å²) in [4.78, 5) is 2.20. The van der Waals surface area contributed by atoms with Crippen LogP contribution < -0.4 is 0 Å². The molecule has 0 saturated carbocycles. The zero-order valence-electron chi connectivity index (χ0n) is 9.71. The Kier molecular flexibility index (Phi) is 4.17. The quantitative estimate of drug-likeness (QED) is 0.912. The molecule has 0 saturated heterocycles. The van der Waals surface area contributed by atoms with Crippen LogP contribution in [0.2, 0.25) is 0 Å². The van der Waals surface area contributed by atoms with Crippen LogP contribution in [-0.2, 0) is 6.54 Å². The van der Waals surface area contributed by atoms with Crippen molar-refractivity contribution in [3.8, 4) is 5.75 Å². The van der Waals surface area contributed by atoms with Crippen molar-refractivity contribution < 1.29 is 5.11 Å². The first-order valence-corrected chi connectivity index (χ1v) is 5.89. The molecule has 0 atom stereocenters. The average molecular weight is 272 g/mol. The number of phenols is 1. The van der Waals surface area contributed by atoms with Gasteiger partial charge < -0.3 is 5.11 Å². The predicted octanol–water partition coefficient (Wildman–Crippen LogP) is 3.30. The maximum Gasteiger partial charge on any atom is 0.123 e. The topological polar surface area (TPSA) is 23.5 Å². The highest BCUT2D eigenvalue weighted by Gasteiger charge is 2.10. The van der Waals surface area contributed by atoms with Crippen molar-refractivity contribution in [2.45, 2.75) is 33.4 Å². The summed E-state index contributed by atoms with van der Waals surface area (Å²) >= 11 is 3.44. The van der Waals surface area contributed by atoms with Crippen molar-refractivity contribution in [2.75, 3.05) is 7.05 Å². The number of aromatic hydroxyl groups is 1. The monoisotopic (exact) mass is 271 g/mol. The Balaban J connectivity index is 2.94. The minimum absolute atomic E-state index is 0.408. The summed E-state index contributed by atoms with van der Waals surface area (Å²) in [6, 6.07) is 4.37. The zero-order valence-corrected chi connectivity index (χ0v) is 11.3. The first kappa shape index (κ1) is 12.5. The second kappa shape index (κ2) is 4.99. The number of nitrogens with zero attached hydrogens (tertiary/aromatic N) is 1. The molecule has 1 rings (SSSR count). The van der Waals surface area contributed by atoms with E-state index >= 15 is 0 Å². The van der Waals surface area contributed by atoms with Gasteiger partial charge in [0.2, 0.25) is 0 Å². The Bertz CT molecular complexity index is 350. The first-order valence-electron chi connectivity index (χ1n) is 5.10. The van der Waals surface area contributed by atoms with Crippen LogP contribution >= 0.6 is 15.9 Å². The highest BCUT2D eigenvalue weighted by atomic mass is 79.9. The van der Waals surface area contributed by atoms with Crippen LogP contribution in [0, 0.1) is 6.92 Å². The molecule has 0 unspecified atom stereocenters. The van der Waals surface area contributed by atoms with Gasteiger partial charge >= 0.3 is 0 Å². The lowest BCUT2D eigenvalue weighted by Crippen LogP contribution is -2.25. The molecular formula is C12H18BrNO. The third-order valence-corrected chi connectivity index (χ3v) is 3.10. The van der Waals surface area contributed by atoms with E-state index in [9.17, 15) is 5.11 Å². The number of halogens is 1. The molecule has 0 aromatic heterocycles. The first-order chi connectivity index (χ1) is 6.91. The standard InChI is InChI=1S/C12H18BrNO/c1-8(2)14(4)7-10-6-11(13)5-9(3)12(10)15/h5-6,8,15H,7H2,1-4H3. The Morgan fingerprint density at radius 3 is 2.53 bits per heavy atom. The lowest BCUT2D eigenvalue weighted by atomic mass is 10.1. The minimum atomic E-state index is 0.408. The molecule has 0 radical (unpaired) electrons. The Morgan fingerprint density at radius 1 is 1.40 bits per heavy atom. The fourth-order valence-corrected chi connectivity index (χ4v) is 2.00. The number of benzene rings is 1. The fourth-order valence-electron chi connectivity index (χ4n) is 1.38. The molecule has 1 N–H and O–H groups in total. The van der Waals surface area contributed by atoms with E-state index in [0.29, 0.717) is 11.8 Å². The van der Waals surface area contributed by atoms with Crippen molar-refractivity contribution in [2.24, 2.45) is 0 Å². The molecule has 1 aromatic rings. The van der Waals surface area contributed by atoms with E-state index in [1.165, 1.54) is 0 Å². The van der Waals surface area contributed by atoms with Crippen LogP contribution in [0.1, 0.15) is 25.0 Å². The third kappa shape index (κ3) is 3.21. The van der Waals surface area contributed by atoms with Crippen LogP contribution in [0.4, 0.5) is 0 Å². The maximum atomic E-state index is 9.91. The summed E-state index contributed by atoms with van der Waals surface area (Å²) in [7, 11) is 2.06. The normalized spacial score (nSPS) is 11.4. The molecule has 0 spiro atoms. The zero-order chi connectivity index (χ0) is 11.6. The molecule has 0 aliphatic rings. The predicted molar refractivity (Wildman–Crippen MR) is 67.1 cm³/mol. The third-order valence-electron chi connectivity index (χ3n) is 2.65. The van der Waals surface area contributed by atoms with Crippen molar-refractivity contribution in [1.29, 1.82) is 0 Å². The summed E-state index contributed by atoms with van der Waals surface area (Å²) in [5.41, 5.74) is 1.88. The van der Waals surface area contributed by atoms with Gasteiger partial charge in [0.25, 0.3) is 0 Å². The molecule has 0 fully saturated rings. The number of aryl methyl sites for hydroxylation is 1. The van der Waals surface area contributed by atoms with E-state index in [-0.39, 0.29) is 0 Å². The second-order valence-electron chi connectivity index (χ2n) is 4.24. The number of hydrogen-bond acceptors (Lipinski definition) is 2. The van der Waals surface area contributed by atoms with Crippen LogP contribution in [0.15, 0.2) is 16.6 Å². The van der Waals surface area contributed by atoms with Crippen LogP contribution in [0.3, 0.4) is 0 Å². The molecule has 2 nitrogen and oxygen atoms in total. The van der Waals surface area contributed by atoms with Gasteiger partial charge in [-0.05, 0) is 45.5 Å². The van der Waals surface area contributed by atoms with E-state index in [4.69, 9.17) is 0 Å². The Labute approximate surface area is 100 Å². The van der Waals surface area contributed by atoms with Gasteiger partial charge in [-0.2, -0.15) is 0 Å². The lowest BCUT2D eigenvalue weighted by Gasteiger charge is -2.22. The van der Waals surface area contributed by atoms with Gasteiger partial charge in [-0.3, -0.25) is 4.90 Å². The molecule has 0 aliphatic carbocycles. The van der Waals surface area contributed by atoms with Crippen LogP contribution in [-0.4, -0.2) is 23.1 Å². The summed E-state index contributed by atoms with van der Waals surface area (Å²) in [5.74, 6) is 0.408. The van der Waals surface area contributed by atoms with Gasteiger partial charge in [-0.1, -0.05) is 15.9 Å². The van der Waals surface area contributed by atoms with Gasteiger partial charge in [-0.15, -0.1) is 0 Å². The number of hydrogen-bond donors (Lipinski definition) is 1. The number of phenolic OH excluding ortho intramolecular Hbond substituents is 1. The highest BCUT2D eigenvalue weighted by Crippen LogP contribution is 2.27. The molecule has 84 valence electrons. The molecule has 1 aromatic carbocycles.